The zero-order valence-electron chi connectivity index (χ0n) is 9.58. The maximum atomic E-state index is 13.8. The fraction of sp³-hybridized carbons (Fsp3) is 0.538. The van der Waals surface area contributed by atoms with Crippen molar-refractivity contribution in [1.29, 1.82) is 0 Å². The molecule has 2 nitrogen and oxygen atoms in total. The first kappa shape index (κ1) is 11.6. The molecule has 1 aromatic rings. The average Bonchev–Trinajstić information content (AvgIpc) is 2.82. The Labute approximate surface area is 95.6 Å². The van der Waals surface area contributed by atoms with Crippen molar-refractivity contribution in [1.82, 2.24) is 0 Å². The normalized spacial score (nSPS) is 24.3. The topological polar surface area (TPSA) is 35.2 Å². The van der Waals surface area contributed by atoms with Crippen molar-refractivity contribution in [2.75, 3.05) is 13.2 Å². The summed E-state index contributed by atoms with van der Waals surface area (Å²) in [5.41, 5.74) is 6.43. The van der Waals surface area contributed by atoms with E-state index in [2.05, 4.69) is 0 Å². The number of benzene rings is 1. The van der Waals surface area contributed by atoms with Gasteiger partial charge in [0.2, 0.25) is 0 Å². The van der Waals surface area contributed by atoms with Crippen LogP contribution in [0.25, 0.3) is 0 Å². The second kappa shape index (κ2) is 4.52. The Kier molecular flexibility index (Phi) is 3.26. The molecule has 0 aliphatic carbocycles. The number of hydrogen-bond acceptors (Lipinski definition) is 2. The molecule has 1 aromatic carbocycles. The van der Waals surface area contributed by atoms with E-state index in [4.69, 9.17) is 10.5 Å². The zero-order chi connectivity index (χ0) is 11.6. The van der Waals surface area contributed by atoms with E-state index in [9.17, 15) is 4.39 Å². The van der Waals surface area contributed by atoms with Gasteiger partial charge in [-0.2, -0.15) is 0 Å². The highest BCUT2D eigenvalue weighted by atomic mass is 19.1. The highest BCUT2D eigenvalue weighted by Gasteiger charge is 2.38. The van der Waals surface area contributed by atoms with Gasteiger partial charge < -0.3 is 10.5 Å². The van der Waals surface area contributed by atoms with E-state index in [1.807, 2.05) is 13.0 Å². The summed E-state index contributed by atoms with van der Waals surface area (Å²) >= 11 is 0. The lowest BCUT2D eigenvalue weighted by molar-refractivity contribution is 0.158. The van der Waals surface area contributed by atoms with E-state index >= 15 is 0 Å². The molecule has 0 saturated carbocycles. The Morgan fingerprint density at radius 3 is 2.81 bits per heavy atom. The predicted octanol–water partition coefficient (Wildman–Crippen LogP) is 2.43. The smallest absolute Gasteiger partial charge is 0.128 e. The van der Waals surface area contributed by atoms with Crippen LogP contribution in [0.15, 0.2) is 24.3 Å². The quantitative estimate of drug-likeness (QED) is 0.854. The van der Waals surface area contributed by atoms with Gasteiger partial charge in [-0.3, -0.25) is 0 Å². The maximum Gasteiger partial charge on any atom is 0.128 e. The van der Waals surface area contributed by atoms with Gasteiger partial charge in [-0.15, -0.1) is 0 Å². The minimum Gasteiger partial charge on any atom is -0.381 e. The summed E-state index contributed by atoms with van der Waals surface area (Å²) in [7, 11) is 0. The van der Waals surface area contributed by atoms with Gasteiger partial charge in [0.05, 0.1) is 6.61 Å². The molecule has 1 fully saturated rings. The van der Waals surface area contributed by atoms with Crippen LogP contribution in [0.1, 0.15) is 25.3 Å². The number of rotatable bonds is 3. The highest BCUT2D eigenvalue weighted by molar-refractivity contribution is 5.27. The molecule has 16 heavy (non-hydrogen) atoms. The molecular formula is C13H18FNO. The minimum absolute atomic E-state index is 0.209. The number of hydrogen-bond donors (Lipinski definition) is 1. The molecule has 0 aromatic heterocycles. The number of halogens is 1. The van der Waals surface area contributed by atoms with Crippen molar-refractivity contribution in [3.63, 3.8) is 0 Å². The maximum absolute atomic E-state index is 13.8. The van der Waals surface area contributed by atoms with Crippen LogP contribution >= 0.6 is 0 Å². The molecule has 2 unspecified atom stereocenters. The average molecular weight is 223 g/mol. The molecular weight excluding hydrogens is 205 g/mol. The van der Waals surface area contributed by atoms with Crippen LogP contribution < -0.4 is 5.73 Å². The van der Waals surface area contributed by atoms with Crippen molar-refractivity contribution in [2.24, 2.45) is 11.7 Å². The lowest BCUT2D eigenvalue weighted by Crippen LogP contribution is -2.44. The van der Waals surface area contributed by atoms with Gasteiger partial charge in [-0.25, -0.2) is 4.39 Å². The monoisotopic (exact) mass is 223 g/mol. The lowest BCUT2D eigenvalue weighted by Gasteiger charge is -2.34. The number of ether oxygens (including phenoxy) is 1. The standard InChI is InChI=1S/C13H18FNO/c1-2-13(15,10-7-8-16-9-10)11-5-3-4-6-12(11)14/h3-6,10H,2,7-9,15H2,1H3. The molecule has 0 spiro atoms. The summed E-state index contributed by atoms with van der Waals surface area (Å²) in [6.45, 7) is 3.38. The summed E-state index contributed by atoms with van der Waals surface area (Å²) in [4.78, 5) is 0. The third-order valence-corrected chi connectivity index (χ3v) is 3.62. The fourth-order valence-corrected chi connectivity index (χ4v) is 2.48. The van der Waals surface area contributed by atoms with E-state index in [0.717, 1.165) is 19.4 Å². The first-order valence-corrected chi connectivity index (χ1v) is 5.80. The van der Waals surface area contributed by atoms with Crippen LogP contribution in [0.3, 0.4) is 0 Å². The zero-order valence-corrected chi connectivity index (χ0v) is 9.58. The van der Waals surface area contributed by atoms with Crippen LogP contribution in [-0.4, -0.2) is 13.2 Å². The summed E-state index contributed by atoms with van der Waals surface area (Å²) in [5, 5.41) is 0. The molecule has 3 heteroatoms. The van der Waals surface area contributed by atoms with Gasteiger partial charge >= 0.3 is 0 Å². The van der Waals surface area contributed by atoms with Gasteiger partial charge in [0.15, 0.2) is 0 Å². The molecule has 1 saturated heterocycles. The first-order chi connectivity index (χ1) is 7.68. The van der Waals surface area contributed by atoms with Gasteiger partial charge in [0, 0.05) is 23.6 Å². The highest BCUT2D eigenvalue weighted by Crippen LogP contribution is 2.36. The van der Waals surface area contributed by atoms with E-state index in [-0.39, 0.29) is 11.7 Å². The summed E-state index contributed by atoms with van der Waals surface area (Å²) in [5.74, 6) is 0.00755. The van der Waals surface area contributed by atoms with Crippen molar-refractivity contribution >= 4 is 0 Å². The Morgan fingerprint density at radius 1 is 1.50 bits per heavy atom. The molecule has 1 aliphatic rings. The molecule has 1 aliphatic heterocycles. The van der Waals surface area contributed by atoms with Gasteiger partial charge in [-0.1, -0.05) is 25.1 Å². The van der Waals surface area contributed by atoms with E-state index in [1.54, 1.807) is 12.1 Å². The van der Waals surface area contributed by atoms with Crippen molar-refractivity contribution in [3.8, 4) is 0 Å². The Hall–Kier alpha value is -0.930. The van der Waals surface area contributed by atoms with Gasteiger partial charge in [0.25, 0.3) is 0 Å². The van der Waals surface area contributed by atoms with E-state index < -0.39 is 5.54 Å². The van der Waals surface area contributed by atoms with Crippen molar-refractivity contribution in [3.05, 3.63) is 35.6 Å². The van der Waals surface area contributed by atoms with Crippen LogP contribution in [0.2, 0.25) is 0 Å². The molecule has 2 rings (SSSR count). The van der Waals surface area contributed by atoms with Crippen LogP contribution in [0.4, 0.5) is 4.39 Å². The van der Waals surface area contributed by atoms with Gasteiger partial charge in [0.1, 0.15) is 5.82 Å². The molecule has 1 heterocycles. The molecule has 2 atom stereocenters. The molecule has 0 radical (unpaired) electrons. The van der Waals surface area contributed by atoms with E-state index in [0.29, 0.717) is 12.2 Å². The van der Waals surface area contributed by atoms with Crippen molar-refractivity contribution in [2.45, 2.75) is 25.3 Å². The summed E-state index contributed by atoms with van der Waals surface area (Å²) in [6, 6.07) is 6.80. The lowest BCUT2D eigenvalue weighted by atomic mass is 9.76. The SMILES string of the molecule is CCC(N)(c1ccccc1F)C1CCOC1. The molecule has 0 bridgehead atoms. The Bertz CT molecular complexity index is 363. The predicted molar refractivity (Wildman–Crippen MR) is 61.5 cm³/mol. The van der Waals surface area contributed by atoms with Crippen LogP contribution in [-0.2, 0) is 10.3 Å². The molecule has 2 N–H and O–H groups in total. The Morgan fingerprint density at radius 2 is 2.25 bits per heavy atom. The van der Waals surface area contributed by atoms with Crippen LogP contribution in [0, 0.1) is 11.7 Å². The third-order valence-electron chi connectivity index (χ3n) is 3.62. The van der Waals surface area contributed by atoms with Crippen LogP contribution in [0.5, 0.6) is 0 Å². The van der Waals surface area contributed by atoms with Gasteiger partial charge in [-0.05, 0) is 18.9 Å². The molecule has 0 amide bonds. The fourth-order valence-electron chi connectivity index (χ4n) is 2.48. The Balaban J connectivity index is 2.37. The minimum atomic E-state index is -0.595. The first-order valence-electron chi connectivity index (χ1n) is 5.80. The van der Waals surface area contributed by atoms with E-state index in [1.165, 1.54) is 6.07 Å². The second-order valence-electron chi connectivity index (χ2n) is 4.43. The second-order valence-corrected chi connectivity index (χ2v) is 4.43. The van der Waals surface area contributed by atoms with Crippen molar-refractivity contribution < 1.29 is 9.13 Å². The summed E-state index contributed by atoms with van der Waals surface area (Å²) < 4.78 is 19.2. The number of nitrogens with two attached hydrogens (primary N) is 1. The summed E-state index contributed by atoms with van der Waals surface area (Å²) in [6.07, 6.45) is 1.64. The largest absolute Gasteiger partial charge is 0.381 e. The third kappa shape index (κ3) is 1.85. The molecule has 88 valence electrons.